The molecule has 2 aliphatic carbocycles. The first-order valence-corrected chi connectivity index (χ1v) is 10.1. The standard InChI is InChI=1S/C24H26O7.Na/c1-30-24(23(29)22(28)21(27)20(13-25)31-24)18-12-14(7-8-19(18)26)9-15-10-16-5-3-2-4-6-17(16)11-15;/h2-8,10-12,20-23,25-29H,9,13H2,1H3;/q;+1/p-1. The number of methoxy groups -OCH3 is 1. The Bertz CT molecular complexity index is 996. The third-order valence-electron chi connectivity index (χ3n) is 5.87. The van der Waals surface area contributed by atoms with Crippen molar-refractivity contribution in [1.82, 2.24) is 0 Å². The molecule has 1 aromatic rings. The van der Waals surface area contributed by atoms with Gasteiger partial charge >= 0.3 is 29.6 Å². The van der Waals surface area contributed by atoms with Crippen molar-refractivity contribution in [2.75, 3.05) is 13.7 Å². The van der Waals surface area contributed by atoms with Crippen molar-refractivity contribution in [2.24, 2.45) is 0 Å². The van der Waals surface area contributed by atoms with Gasteiger partial charge in [-0.2, -0.15) is 0 Å². The minimum absolute atomic E-state index is 0. The molecule has 0 radical (unpaired) electrons. The fourth-order valence-electron chi connectivity index (χ4n) is 4.22. The van der Waals surface area contributed by atoms with Gasteiger partial charge in [-0.3, -0.25) is 0 Å². The Morgan fingerprint density at radius 3 is 2.19 bits per heavy atom. The van der Waals surface area contributed by atoms with Crippen molar-refractivity contribution in [3.05, 3.63) is 77.4 Å². The van der Waals surface area contributed by atoms with Crippen molar-refractivity contribution >= 4 is 0 Å². The van der Waals surface area contributed by atoms with Crippen molar-refractivity contribution in [3.8, 4) is 16.9 Å². The van der Waals surface area contributed by atoms with Crippen LogP contribution in [0.5, 0.6) is 5.75 Å². The molecule has 3 aliphatic rings. The van der Waals surface area contributed by atoms with Crippen LogP contribution in [-0.4, -0.2) is 58.6 Å². The van der Waals surface area contributed by atoms with Crippen LogP contribution < -0.4 is 34.7 Å². The molecule has 5 atom stereocenters. The van der Waals surface area contributed by atoms with Crippen LogP contribution in [0.4, 0.5) is 0 Å². The zero-order valence-electron chi connectivity index (χ0n) is 18.0. The molecule has 164 valence electrons. The van der Waals surface area contributed by atoms with Crippen LogP contribution in [0, 0.1) is 0 Å². The summed E-state index contributed by atoms with van der Waals surface area (Å²) in [5.74, 6) is -2.48. The zero-order chi connectivity index (χ0) is 22.2. The number of aliphatic hydroxyl groups is 4. The Labute approximate surface area is 208 Å². The number of rotatable bonds is 5. The fourth-order valence-corrected chi connectivity index (χ4v) is 4.22. The molecule has 0 spiro atoms. The topological polar surface area (TPSA) is 122 Å². The molecule has 1 heterocycles. The first-order valence-electron chi connectivity index (χ1n) is 10.1. The second-order valence-corrected chi connectivity index (χ2v) is 7.83. The number of benzene rings is 1. The largest absolute Gasteiger partial charge is 1.00 e. The first-order chi connectivity index (χ1) is 14.9. The van der Waals surface area contributed by atoms with Gasteiger partial charge in [-0.05, 0) is 28.7 Å². The van der Waals surface area contributed by atoms with E-state index in [9.17, 15) is 25.5 Å². The van der Waals surface area contributed by atoms with Crippen LogP contribution >= 0.6 is 0 Å². The van der Waals surface area contributed by atoms with Crippen molar-refractivity contribution in [2.45, 2.75) is 36.6 Å². The van der Waals surface area contributed by atoms with Crippen LogP contribution in [0.3, 0.4) is 0 Å². The Morgan fingerprint density at radius 1 is 0.938 bits per heavy atom. The summed E-state index contributed by atoms with van der Waals surface area (Å²) in [5, 5.41) is 53.3. The van der Waals surface area contributed by atoms with Gasteiger partial charge in [0.15, 0.2) is 0 Å². The molecular formula is C24H25NaO7. The summed E-state index contributed by atoms with van der Waals surface area (Å²) in [5.41, 5.74) is 4.02. The number of fused-ring (bicyclic) bond motifs is 1. The molecule has 0 saturated carbocycles. The maximum atomic E-state index is 12.7. The average molecular weight is 448 g/mol. The van der Waals surface area contributed by atoms with Crippen LogP contribution in [0.1, 0.15) is 16.7 Å². The van der Waals surface area contributed by atoms with Crippen molar-refractivity contribution in [3.63, 3.8) is 0 Å². The third kappa shape index (κ3) is 4.46. The molecule has 4 rings (SSSR count). The van der Waals surface area contributed by atoms with Crippen LogP contribution in [0.25, 0.3) is 11.1 Å². The van der Waals surface area contributed by atoms with Gasteiger partial charge in [0.2, 0.25) is 5.79 Å². The Morgan fingerprint density at radius 2 is 1.59 bits per heavy atom. The van der Waals surface area contributed by atoms with E-state index >= 15 is 0 Å². The van der Waals surface area contributed by atoms with Gasteiger partial charge in [0, 0.05) is 12.7 Å². The fraction of sp³-hybridized carbons (Fsp3) is 0.333. The summed E-state index contributed by atoms with van der Waals surface area (Å²) in [6.07, 6.45) is -5.65. The molecule has 0 amide bonds. The maximum Gasteiger partial charge on any atom is 1.00 e. The SMILES string of the molecule is COC1(c2cc(Cc3cc4cccccc-4c3)ccc2[O-])OC(CO)C(O)C(O)C1O.[Na+]. The smallest absolute Gasteiger partial charge is 0.872 e. The minimum Gasteiger partial charge on any atom is -0.872 e. The second-order valence-electron chi connectivity index (χ2n) is 7.83. The summed E-state index contributed by atoms with van der Waals surface area (Å²) in [7, 11) is 1.23. The van der Waals surface area contributed by atoms with E-state index in [0.29, 0.717) is 6.42 Å². The molecule has 1 aromatic carbocycles. The van der Waals surface area contributed by atoms with Crippen molar-refractivity contribution in [1.29, 1.82) is 0 Å². The molecule has 5 unspecified atom stereocenters. The van der Waals surface area contributed by atoms with Gasteiger partial charge in [-0.25, -0.2) is 0 Å². The van der Waals surface area contributed by atoms with E-state index in [0.717, 1.165) is 22.3 Å². The van der Waals surface area contributed by atoms with Gasteiger partial charge in [-0.15, -0.1) is 5.75 Å². The normalized spacial score (nSPS) is 27.8. The quantitative estimate of drug-likeness (QED) is 0.325. The predicted molar refractivity (Wildman–Crippen MR) is 110 cm³/mol. The second kappa shape index (κ2) is 10.2. The van der Waals surface area contributed by atoms with E-state index in [1.54, 1.807) is 12.1 Å². The number of hydrogen-bond acceptors (Lipinski definition) is 7. The monoisotopic (exact) mass is 448 g/mol. The minimum atomic E-state index is -2.02. The molecular weight excluding hydrogens is 423 g/mol. The van der Waals surface area contributed by atoms with Gasteiger partial charge in [0.25, 0.3) is 0 Å². The Balaban J connectivity index is 0.00000289. The summed E-state index contributed by atoms with van der Waals surface area (Å²) in [4.78, 5) is 0. The van der Waals surface area contributed by atoms with E-state index in [1.165, 1.54) is 13.2 Å². The van der Waals surface area contributed by atoms with Crippen LogP contribution in [0.2, 0.25) is 0 Å². The number of hydrogen-bond donors (Lipinski definition) is 4. The van der Waals surface area contributed by atoms with Gasteiger partial charge < -0.3 is 35.0 Å². The molecule has 7 nitrogen and oxygen atoms in total. The molecule has 1 aliphatic heterocycles. The van der Waals surface area contributed by atoms with Gasteiger partial charge in [-0.1, -0.05) is 60.7 Å². The van der Waals surface area contributed by atoms with E-state index in [1.807, 2.05) is 30.3 Å². The van der Waals surface area contributed by atoms with Crippen LogP contribution in [-0.2, 0) is 21.7 Å². The summed E-state index contributed by atoms with van der Waals surface area (Å²) < 4.78 is 11.1. The molecule has 1 saturated heterocycles. The molecule has 4 N–H and O–H groups in total. The molecule has 0 aromatic heterocycles. The Kier molecular flexibility index (Phi) is 7.98. The molecule has 8 heteroatoms. The number of ether oxygens (including phenoxy) is 2. The predicted octanol–water partition coefficient (Wildman–Crippen LogP) is -2.27. The maximum absolute atomic E-state index is 12.7. The van der Waals surface area contributed by atoms with Gasteiger partial charge in [0.1, 0.15) is 24.4 Å². The van der Waals surface area contributed by atoms with E-state index < -0.39 is 42.6 Å². The first kappa shape index (κ1) is 25.1. The summed E-state index contributed by atoms with van der Waals surface area (Å²) in [6.45, 7) is -0.624. The summed E-state index contributed by atoms with van der Waals surface area (Å²) >= 11 is 0. The van der Waals surface area contributed by atoms with Crippen LogP contribution in [0.15, 0.2) is 60.7 Å². The van der Waals surface area contributed by atoms with Gasteiger partial charge in [0.05, 0.1) is 6.61 Å². The Hall–Kier alpha value is -1.52. The summed E-state index contributed by atoms with van der Waals surface area (Å²) in [6, 6.07) is 18.7. The molecule has 32 heavy (non-hydrogen) atoms. The third-order valence-corrected chi connectivity index (χ3v) is 5.87. The van der Waals surface area contributed by atoms with E-state index in [4.69, 9.17) is 9.47 Å². The number of aliphatic hydroxyl groups excluding tert-OH is 4. The van der Waals surface area contributed by atoms with Crippen molar-refractivity contribution < 1.29 is 64.6 Å². The van der Waals surface area contributed by atoms with E-state index in [-0.39, 0.29) is 35.1 Å². The van der Waals surface area contributed by atoms with E-state index in [2.05, 4.69) is 12.1 Å². The molecule has 0 bridgehead atoms. The zero-order valence-corrected chi connectivity index (χ0v) is 20.0. The molecule has 1 fully saturated rings. The average Bonchev–Trinajstić information content (AvgIpc) is 3.02.